The van der Waals surface area contributed by atoms with Gasteiger partial charge in [-0.05, 0) is 37.3 Å². The standard InChI is InChI=1S/C16H12F2N2O3S/c1-9-5-6-13(22-9)12-8-24-16(19-12)20-14(21)10-3-2-4-11(7-10)23-15(17)18/h2-8,15H,1H3,(H,19,20,21). The van der Waals surface area contributed by atoms with E-state index in [9.17, 15) is 13.6 Å². The van der Waals surface area contributed by atoms with Crippen molar-refractivity contribution in [2.24, 2.45) is 0 Å². The smallest absolute Gasteiger partial charge is 0.387 e. The highest BCUT2D eigenvalue weighted by atomic mass is 32.1. The second-order valence-corrected chi connectivity index (χ2v) is 5.67. The fraction of sp³-hybridized carbons (Fsp3) is 0.125. The number of hydrogen-bond acceptors (Lipinski definition) is 5. The van der Waals surface area contributed by atoms with Gasteiger partial charge in [-0.2, -0.15) is 8.78 Å². The third-order valence-electron chi connectivity index (χ3n) is 3.04. The van der Waals surface area contributed by atoms with Gasteiger partial charge in [0.15, 0.2) is 10.9 Å². The minimum atomic E-state index is -2.94. The number of ether oxygens (including phenoxy) is 1. The van der Waals surface area contributed by atoms with Crippen LogP contribution >= 0.6 is 11.3 Å². The average Bonchev–Trinajstić information content (AvgIpc) is 3.16. The largest absolute Gasteiger partial charge is 0.460 e. The lowest BCUT2D eigenvalue weighted by Crippen LogP contribution is -2.12. The molecular formula is C16H12F2N2O3S. The fourth-order valence-electron chi connectivity index (χ4n) is 2.00. The number of thiazole rings is 1. The van der Waals surface area contributed by atoms with Gasteiger partial charge in [0.25, 0.3) is 5.91 Å². The maximum atomic E-state index is 12.2. The molecule has 3 aromatic rings. The van der Waals surface area contributed by atoms with Crippen molar-refractivity contribution in [2.45, 2.75) is 13.5 Å². The highest BCUT2D eigenvalue weighted by Gasteiger charge is 2.13. The van der Waals surface area contributed by atoms with Gasteiger partial charge in [0.05, 0.1) is 0 Å². The molecule has 3 rings (SSSR count). The predicted molar refractivity (Wildman–Crippen MR) is 85.6 cm³/mol. The quantitative estimate of drug-likeness (QED) is 0.732. The first-order valence-electron chi connectivity index (χ1n) is 6.90. The molecule has 0 radical (unpaired) electrons. The molecule has 8 heteroatoms. The molecule has 2 heterocycles. The second kappa shape index (κ2) is 6.79. The monoisotopic (exact) mass is 350 g/mol. The van der Waals surface area contributed by atoms with Gasteiger partial charge < -0.3 is 9.15 Å². The molecule has 0 aliphatic rings. The van der Waals surface area contributed by atoms with Crippen molar-refractivity contribution in [2.75, 3.05) is 5.32 Å². The SMILES string of the molecule is Cc1ccc(-c2csc(NC(=O)c3cccc(OC(F)F)c3)n2)o1. The Labute approximate surface area is 139 Å². The van der Waals surface area contributed by atoms with E-state index in [2.05, 4.69) is 15.0 Å². The maximum absolute atomic E-state index is 12.2. The Morgan fingerprint density at radius 1 is 1.33 bits per heavy atom. The Morgan fingerprint density at radius 3 is 2.88 bits per heavy atom. The van der Waals surface area contributed by atoms with E-state index in [1.807, 2.05) is 13.0 Å². The number of nitrogens with zero attached hydrogens (tertiary/aromatic N) is 1. The Balaban J connectivity index is 1.72. The number of carbonyl (C=O) groups is 1. The average molecular weight is 350 g/mol. The summed E-state index contributed by atoms with van der Waals surface area (Å²) in [4.78, 5) is 16.5. The van der Waals surface area contributed by atoms with Crippen LogP contribution in [0.15, 0.2) is 46.2 Å². The number of furan rings is 1. The molecule has 1 amide bonds. The molecule has 1 N–H and O–H groups in total. The van der Waals surface area contributed by atoms with Crippen LogP contribution in [0.25, 0.3) is 11.5 Å². The molecule has 0 unspecified atom stereocenters. The first-order chi connectivity index (χ1) is 11.5. The van der Waals surface area contributed by atoms with E-state index in [-0.39, 0.29) is 11.3 Å². The molecule has 0 saturated carbocycles. The van der Waals surface area contributed by atoms with E-state index in [1.165, 1.54) is 35.6 Å². The number of alkyl halides is 2. The number of hydrogen-bond donors (Lipinski definition) is 1. The molecule has 0 bridgehead atoms. The fourth-order valence-corrected chi connectivity index (χ4v) is 2.69. The predicted octanol–water partition coefficient (Wildman–Crippen LogP) is 4.57. The highest BCUT2D eigenvalue weighted by molar-refractivity contribution is 7.14. The van der Waals surface area contributed by atoms with Crippen LogP contribution in [0.3, 0.4) is 0 Å². The summed E-state index contributed by atoms with van der Waals surface area (Å²) in [5, 5.41) is 4.75. The number of carbonyl (C=O) groups excluding carboxylic acids is 1. The number of benzene rings is 1. The van der Waals surface area contributed by atoms with E-state index >= 15 is 0 Å². The summed E-state index contributed by atoms with van der Waals surface area (Å²) in [5.74, 6) is 0.825. The minimum absolute atomic E-state index is 0.0801. The molecule has 0 fully saturated rings. The number of anilines is 1. The molecule has 0 aliphatic heterocycles. The first-order valence-corrected chi connectivity index (χ1v) is 7.78. The molecule has 1 aromatic carbocycles. The lowest BCUT2D eigenvalue weighted by atomic mass is 10.2. The van der Waals surface area contributed by atoms with Crippen molar-refractivity contribution >= 4 is 22.4 Å². The van der Waals surface area contributed by atoms with Crippen LogP contribution in [0.2, 0.25) is 0 Å². The molecule has 0 aliphatic carbocycles. The number of halogens is 2. The zero-order valence-electron chi connectivity index (χ0n) is 12.5. The van der Waals surface area contributed by atoms with Gasteiger partial charge in [-0.3, -0.25) is 10.1 Å². The van der Waals surface area contributed by atoms with Gasteiger partial charge in [0.1, 0.15) is 17.2 Å². The summed E-state index contributed by atoms with van der Waals surface area (Å²) in [6.45, 7) is -1.12. The number of rotatable bonds is 5. The molecule has 0 saturated heterocycles. The Kier molecular flexibility index (Phi) is 4.57. The molecule has 5 nitrogen and oxygen atoms in total. The van der Waals surface area contributed by atoms with E-state index in [0.717, 1.165) is 5.76 Å². The first kappa shape index (κ1) is 16.1. The van der Waals surface area contributed by atoms with Crippen molar-refractivity contribution < 1.29 is 22.7 Å². The van der Waals surface area contributed by atoms with E-state index in [4.69, 9.17) is 4.42 Å². The number of nitrogens with one attached hydrogen (secondary N) is 1. The summed E-state index contributed by atoms with van der Waals surface area (Å²) in [6, 6.07) is 9.17. The summed E-state index contributed by atoms with van der Waals surface area (Å²) in [7, 11) is 0. The van der Waals surface area contributed by atoms with E-state index in [1.54, 1.807) is 11.4 Å². The Morgan fingerprint density at radius 2 is 2.17 bits per heavy atom. The maximum Gasteiger partial charge on any atom is 0.387 e. The lowest BCUT2D eigenvalue weighted by molar-refractivity contribution is -0.0498. The van der Waals surface area contributed by atoms with Crippen molar-refractivity contribution in [3.8, 4) is 17.2 Å². The van der Waals surface area contributed by atoms with Crippen molar-refractivity contribution in [3.63, 3.8) is 0 Å². The van der Waals surface area contributed by atoms with Crippen LogP contribution < -0.4 is 10.1 Å². The van der Waals surface area contributed by atoms with Crippen molar-refractivity contribution in [3.05, 3.63) is 53.1 Å². The molecule has 0 spiro atoms. The van der Waals surface area contributed by atoms with Gasteiger partial charge in [-0.25, -0.2) is 4.98 Å². The lowest BCUT2D eigenvalue weighted by Gasteiger charge is -2.06. The minimum Gasteiger partial charge on any atom is -0.460 e. The summed E-state index contributed by atoms with van der Waals surface area (Å²) >= 11 is 1.24. The van der Waals surface area contributed by atoms with Crippen molar-refractivity contribution in [1.82, 2.24) is 4.98 Å². The van der Waals surface area contributed by atoms with Crippen LogP contribution in [-0.2, 0) is 0 Å². The number of amides is 1. The van der Waals surface area contributed by atoms with Crippen LogP contribution in [0.4, 0.5) is 13.9 Å². The van der Waals surface area contributed by atoms with Crippen LogP contribution in [0, 0.1) is 6.92 Å². The zero-order valence-corrected chi connectivity index (χ0v) is 13.3. The van der Waals surface area contributed by atoms with Crippen LogP contribution in [0.5, 0.6) is 5.75 Å². The highest BCUT2D eigenvalue weighted by Crippen LogP contribution is 2.27. The molecule has 124 valence electrons. The van der Waals surface area contributed by atoms with E-state index < -0.39 is 12.5 Å². The number of aromatic nitrogens is 1. The van der Waals surface area contributed by atoms with Gasteiger partial charge in [-0.15, -0.1) is 11.3 Å². The summed E-state index contributed by atoms with van der Waals surface area (Å²) in [5.41, 5.74) is 0.803. The molecular weight excluding hydrogens is 338 g/mol. The van der Waals surface area contributed by atoms with Crippen molar-refractivity contribution in [1.29, 1.82) is 0 Å². The van der Waals surface area contributed by atoms with Gasteiger partial charge in [-0.1, -0.05) is 6.07 Å². The van der Waals surface area contributed by atoms with Gasteiger partial charge in [0, 0.05) is 10.9 Å². The third kappa shape index (κ3) is 3.77. The second-order valence-electron chi connectivity index (χ2n) is 4.81. The summed E-state index contributed by atoms with van der Waals surface area (Å²) < 4.78 is 34.2. The van der Waals surface area contributed by atoms with Crippen LogP contribution in [0.1, 0.15) is 16.1 Å². The Hall–Kier alpha value is -2.74. The number of aryl methyl sites for hydroxylation is 1. The van der Waals surface area contributed by atoms with Gasteiger partial charge in [0.2, 0.25) is 0 Å². The normalized spacial score (nSPS) is 10.8. The zero-order chi connectivity index (χ0) is 17.1. The molecule has 0 atom stereocenters. The topological polar surface area (TPSA) is 64.4 Å². The summed E-state index contributed by atoms with van der Waals surface area (Å²) in [6.07, 6.45) is 0. The molecule has 24 heavy (non-hydrogen) atoms. The third-order valence-corrected chi connectivity index (χ3v) is 3.80. The Bertz CT molecular complexity index is 860. The molecule has 2 aromatic heterocycles. The van der Waals surface area contributed by atoms with E-state index in [0.29, 0.717) is 16.6 Å². The van der Waals surface area contributed by atoms with Gasteiger partial charge >= 0.3 is 6.61 Å². The van der Waals surface area contributed by atoms with Crippen LogP contribution in [-0.4, -0.2) is 17.5 Å².